The molecule has 0 spiro atoms. The second kappa shape index (κ2) is 7.28. The second-order valence-electron chi connectivity index (χ2n) is 6.07. The van der Waals surface area contributed by atoms with Crippen LogP contribution in [0.4, 0.5) is 0 Å². The third-order valence-electron chi connectivity index (χ3n) is 4.37. The lowest BCUT2D eigenvalue weighted by Crippen LogP contribution is -2.42. The van der Waals surface area contributed by atoms with Crippen LogP contribution in [0, 0.1) is 5.92 Å². The van der Waals surface area contributed by atoms with Gasteiger partial charge in [-0.25, -0.2) is 0 Å². The van der Waals surface area contributed by atoms with E-state index in [1.807, 2.05) is 0 Å². The van der Waals surface area contributed by atoms with Crippen LogP contribution in [0.15, 0.2) is 39.6 Å². The van der Waals surface area contributed by atoms with Crippen LogP contribution >= 0.6 is 15.9 Å². The molecule has 3 N–H and O–H groups in total. The van der Waals surface area contributed by atoms with Gasteiger partial charge in [0.05, 0.1) is 5.69 Å². The van der Waals surface area contributed by atoms with Gasteiger partial charge in [0.2, 0.25) is 5.91 Å². The number of halogens is 1. The Morgan fingerprint density at radius 2 is 1.81 bits per heavy atom. The van der Waals surface area contributed by atoms with Crippen molar-refractivity contribution >= 4 is 27.7 Å². The minimum absolute atomic E-state index is 0.204. The maximum Gasteiger partial charge on any atom is 0.278 e. The van der Waals surface area contributed by atoms with Crippen molar-refractivity contribution in [3.8, 4) is 11.4 Å². The fourth-order valence-electron chi connectivity index (χ4n) is 2.88. The average Bonchev–Trinajstić information content (AvgIpc) is 2.62. The quantitative estimate of drug-likeness (QED) is 0.768. The number of likely N-dealkylation sites (tertiary alicyclic amines) is 1. The summed E-state index contributed by atoms with van der Waals surface area (Å²) in [4.78, 5) is 37.6. The second-order valence-corrected chi connectivity index (χ2v) is 6.99. The molecule has 2 heterocycles. The van der Waals surface area contributed by atoms with Gasteiger partial charge in [-0.05, 0) is 37.1 Å². The molecule has 1 aromatic heterocycles. The smallest absolute Gasteiger partial charge is 0.278 e. The molecular formula is C17H17BrN4O4. The van der Waals surface area contributed by atoms with Crippen LogP contribution in [-0.4, -0.2) is 44.7 Å². The van der Waals surface area contributed by atoms with E-state index in [0.29, 0.717) is 31.6 Å². The number of piperidine rings is 1. The maximum atomic E-state index is 12.7. The third kappa shape index (κ3) is 3.62. The monoisotopic (exact) mass is 420 g/mol. The molecule has 136 valence electrons. The van der Waals surface area contributed by atoms with Crippen molar-refractivity contribution in [1.29, 1.82) is 0 Å². The van der Waals surface area contributed by atoms with Crippen molar-refractivity contribution in [3.63, 3.8) is 0 Å². The molecule has 9 heteroatoms. The van der Waals surface area contributed by atoms with Crippen LogP contribution in [0.2, 0.25) is 0 Å². The molecule has 0 bridgehead atoms. The number of rotatable bonds is 3. The Labute approximate surface area is 157 Å². The summed E-state index contributed by atoms with van der Waals surface area (Å²) in [6.45, 7) is 0.677. The van der Waals surface area contributed by atoms with Gasteiger partial charge in [0.15, 0.2) is 11.4 Å². The zero-order valence-electron chi connectivity index (χ0n) is 13.8. The SMILES string of the molecule is NC(=O)C1CCN(C(=O)c2nn(-c3ccc(Br)cc3)c(=O)cc2O)CC1. The minimum atomic E-state index is -0.547. The molecule has 26 heavy (non-hydrogen) atoms. The lowest BCUT2D eigenvalue weighted by Gasteiger charge is -2.30. The van der Waals surface area contributed by atoms with E-state index in [9.17, 15) is 19.5 Å². The summed E-state index contributed by atoms with van der Waals surface area (Å²) < 4.78 is 1.90. The predicted molar refractivity (Wildman–Crippen MR) is 97.0 cm³/mol. The Kier molecular flexibility index (Phi) is 5.08. The molecule has 0 aliphatic carbocycles. The first-order chi connectivity index (χ1) is 12.4. The van der Waals surface area contributed by atoms with Gasteiger partial charge in [0, 0.05) is 29.5 Å². The van der Waals surface area contributed by atoms with Crippen molar-refractivity contribution in [2.75, 3.05) is 13.1 Å². The predicted octanol–water partition coefficient (Wildman–Crippen LogP) is 1.04. The lowest BCUT2D eigenvalue weighted by atomic mass is 9.96. The summed E-state index contributed by atoms with van der Waals surface area (Å²) in [5.74, 6) is -1.58. The van der Waals surface area contributed by atoms with Crippen molar-refractivity contribution in [1.82, 2.24) is 14.7 Å². The Morgan fingerprint density at radius 1 is 1.19 bits per heavy atom. The summed E-state index contributed by atoms with van der Waals surface area (Å²) in [6.07, 6.45) is 0.933. The number of aromatic nitrogens is 2. The normalized spacial score (nSPS) is 15.0. The van der Waals surface area contributed by atoms with Crippen LogP contribution in [0.3, 0.4) is 0 Å². The first-order valence-corrected chi connectivity index (χ1v) is 8.84. The topological polar surface area (TPSA) is 119 Å². The highest BCUT2D eigenvalue weighted by atomic mass is 79.9. The zero-order chi connectivity index (χ0) is 18.8. The van der Waals surface area contributed by atoms with Gasteiger partial charge in [-0.1, -0.05) is 15.9 Å². The number of hydrogen-bond donors (Lipinski definition) is 2. The number of primary amides is 1. The molecule has 3 rings (SSSR count). The Morgan fingerprint density at radius 3 is 2.38 bits per heavy atom. The minimum Gasteiger partial charge on any atom is -0.505 e. The van der Waals surface area contributed by atoms with Gasteiger partial charge in [-0.2, -0.15) is 9.78 Å². The molecule has 1 aliphatic rings. The van der Waals surface area contributed by atoms with Crippen LogP contribution < -0.4 is 11.3 Å². The van der Waals surface area contributed by atoms with Gasteiger partial charge in [-0.3, -0.25) is 14.4 Å². The first kappa shape index (κ1) is 18.1. The molecule has 8 nitrogen and oxygen atoms in total. The summed E-state index contributed by atoms with van der Waals surface area (Å²) in [5, 5.41) is 14.1. The van der Waals surface area contributed by atoms with E-state index in [-0.39, 0.29) is 17.5 Å². The van der Waals surface area contributed by atoms with E-state index in [1.165, 1.54) is 4.90 Å². The first-order valence-electron chi connectivity index (χ1n) is 8.04. The molecule has 0 radical (unpaired) electrons. The van der Waals surface area contributed by atoms with E-state index in [4.69, 9.17) is 5.73 Å². The maximum absolute atomic E-state index is 12.7. The van der Waals surface area contributed by atoms with Gasteiger partial charge < -0.3 is 15.7 Å². The number of amides is 2. The largest absolute Gasteiger partial charge is 0.505 e. The molecule has 0 atom stereocenters. The molecule has 1 aliphatic heterocycles. The number of carbonyl (C=O) groups is 2. The standard InChI is InChI=1S/C17H17BrN4O4/c18-11-1-3-12(4-2-11)22-14(24)9-13(23)15(20-22)17(26)21-7-5-10(6-8-21)16(19)25/h1-4,9-10,23H,5-8H2,(H2,19,25). The Hall–Kier alpha value is -2.68. The van der Waals surface area contributed by atoms with Gasteiger partial charge in [-0.15, -0.1) is 0 Å². The average molecular weight is 421 g/mol. The van der Waals surface area contributed by atoms with E-state index >= 15 is 0 Å². The highest BCUT2D eigenvalue weighted by molar-refractivity contribution is 9.10. The van der Waals surface area contributed by atoms with Crippen LogP contribution in [0.5, 0.6) is 5.75 Å². The molecule has 0 saturated carbocycles. The number of benzene rings is 1. The number of nitrogens with zero attached hydrogens (tertiary/aromatic N) is 3. The molecule has 1 saturated heterocycles. The van der Waals surface area contributed by atoms with Crippen molar-refractivity contribution in [3.05, 3.63) is 50.9 Å². The van der Waals surface area contributed by atoms with E-state index in [0.717, 1.165) is 15.2 Å². The highest BCUT2D eigenvalue weighted by Crippen LogP contribution is 2.21. The van der Waals surface area contributed by atoms with Crippen molar-refractivity contribution in [2.24, 2.45) is 11.7 Å². The van der Waals surface area contributed by atoms with Gasteiger partial charge in [0.25, 0.3) is 11.5 Å². The number of aromatic hydroxyl groups is 1. The van der Waals surface area contributed by atoms with Crippen LogP contribution in [0.1, 0.15) is 23.3 Å². The van der Waals surface area contributed by atoms with E-state index in [1.54, 1.807) is 24.3 Å². The number of carbonyl (C=O) groups excluding carboxylic acids is 2. The highest BCUT2D eigenvalue weighted by Gasteiger charge is 2.29. The molecule has 1 aromatic carbocycles. The van der Waals surface area contributed by atoms with Crippen LogP contribution in [-0.2, 0) is 4.79 Å². The summed E-state index contributed by atoms with van der Waals surface area (Å²) in [5.41, 5.74) is 5.02. The molecule has 1 fully saturated rings. The lowest BCUT2D eigenvalue weighted by molar-refractivity contribution is -0.123. The Bertz CT molecular complexity index is 902. The zero-order valence-corrected chi connectivity index (χ0v) is 15.3. The fourth-order valence-corrected chi connectivity index (χ4v) is 3.15. The summed E-state index contributed by atoms with van der Waals surface area (Å²) in [6, 6.07) is 7.79. The van der Waals surface area contributed by atoms with E-state index in [2.05, 4.69) is 21.0 Å². The Balaban J connectivity index is 1.89. The molecule has 2 aromatic rings. The third-order valence-corrected chi connectivity index (χ3v) is 4.90. The molecule has 0 unspecified atom stereocenters. The number of hydrogen-bond acceptors (Lipinski definition) is 5. The molecule has 2 amide bonds. The van der Waals surface area contributed by atoms with Crippen molar-refractivity contribution in [2.45, 2.75) is 12.8 Å². The van der Waals surface area contributed by atoms with E-state index < -0.39 is 17.2 Å². The summed E-state index contributed by atoms with van der Waals surface area (Å²) in [7, 11) is 0. The van der Waals surface area contributed by atoms with Crippen molar-refractivity contribution < 1.29 is 14.7 Å². The fraction of sp³-hybridized carbons (Fsp3) is 0.294. The number of nitrogens with two attached hydrogens (primary N) is 1. The summed E-state index contributed by atoms with van der Waals surface area (Å²) >= 11 is 3.31. The molecular weight excluding hydrogens is 404 g/mol. The van der Waals surface area contributed by atoms with Crippen LogP contribution in [0.25, 0.3) is 5.69 Å². The van der Waals surface area contributed by atoms with Gasteiger partial charge in [0.1, 0.15) is 0 Å². The van der Waals surface area contributed by atoms with Gasteiger partial charge >= 0.3 is 0 Å².